The van der Waals surface area contributed by atoms with Crippen LogP contribution in [0.15, 0.2) is 42.5 Å². The minimum Gasteiger partial charge on any atom is -0.495 e. The summed E-state index contributed by atoms with van der Waals surface area (Å²) in [5.74, 6) is 0.341. The summed E-state index contributed by atoms with van der Waals surface area (Å²) in [6, 6.07) is 12.4. The zero-order valence-corrected chi connectivity index (χ0v) is 16.9. The van der Waals surface area contributed by atoms with Crippen molar-refractivity contribution in [3.63, 3.8) is 0 Å². The highest BCUT2D eigenvalue weighted by Crippen LogP contribution is 2.23. The Morgan fingerprint density at radius 1 is 1.18 bits per heavy atom. The van der Waals surface area contributed by atoms with E-state index < -0.39 is 18.0 Å². The number of hydrogen-bond donors (Lipinski definition) is 1. The number of nitrogens with one attached hydrogen (secondary N) is 1. The highest BCUT2D eigenvalue weighted by molar-refractivity contribution is 6.31. The number of para-hydroxylation sites is 2. The van der Waals surface area contributed by atoms with Crippen LogP contribution in [0.2, 0.25) is 5.02 Å². The lowest BCUT2D eigenvalue weighted by molar-refractivity contribution is -0.153. The molecule has 7 heteroatoms. The van der Waals surface area contributed by atoms with Crippen molar-refractivity contribution >= 4 is 29.2 Å². The van der Waals surface area contributed by atoms with Gasteiger partial charge in [-0.05, 0) is 56.2 Å². The second kappa shape index (κ2) is 10.6. The van der Waals surface area contributed by atoms with Crippen LogP contribution in [-0.4, -0.2) is 31.7 Å². The number of halogens is 1. The molecule has 0 fully saturated rings. The number of carbonyl (C=O) groups is 2. The zero-order valence-electron chi connectivity index (χ0n) is 16.2. The van der Waals surface area contributed by atoms with E-state index in [1.54, 1.807) is 36.4 Å². The molecule has 0 aliphatic carbocycles. The molecule has 28 heavy (non-hydrogen) atoms. The minimum absolute atomic E-state index is 0.152. The number of aryl methyl sites for hydroxylation is 1. The fourth-order valence-corrected chi connectivity index (χ4v) is 2.52. The van der Waals surface area contributed by atoms with Gasteiger partial charge in [0.05, 0.1) is 19.4 Å². The third-order valence-corrected chi connectivity index (χ3v) is 4.39. The van der Waals surface area contributed by atoms with Crippen LogP contribution in [0.5, 0.6) is 11.5 Å². The molecule has 6 nitrogen and oxygen atoms in total. The van der Waals surface area contributed by atoms with Gasteiger partial charge in [0.1, 0.15) is 11.5 Å². The second-order valence-corrected chi connectivity index (χ2v) is 6.59. The van der Waals surface area contributed by atoms with Crippen LogP contribution in [-0.2, 0) is 14.3 Å². The number of carbonyl (C=O) groups excluding carboxylic acids is 2. The molecular weight excluding hydrogens is 382 g/mol. The van der Waals surface area contributed by atoms with E-state index in [0.29, 0.717) is 35.2 Å². The van der Waals surface area contributed by atoms with Gasteiger partial charge >= 0.3 is 5.97 Å². The Bertz CT molecular complexity index is 824. The topological polar surface area (TPSA) is 73.9 Å². The minimum atomic E-state index is -0.919. The van der Waals surface area contributed by atoms with E-state index in [2.05, 4.69) is 5.32 Å². The summed E-state index contributed by atoms with van der Waals surface area (Å²) >= 11 is 5.97. The van der Waals surface area contributed by atoms with Gasteiger partial charge in [0.25, 0.3) is 5.91 Å². The first-order chi connectivity index (χ1) is 13.4. The fourth-order valence-electron chi connectivity index (χ4n) is 2.41. The number of amides is 1. The third kappa shape index (κ3) is 6.46. The van der Waals surface area contributed by atoms with E-state index in [4.69, 9.17) is 25.8 Å². The number of methoxy groups -OCH3 is 1. The van der Waals surface area contributed by atoms with Gasteiger partial charge in [0, 0.05) is 11.4 Å². The third-order valence-electron chi connectivity index (χ3n) is 3.97. The average Bonchev–Trinajstić information content (AvgIpc) is 2.68. The normalized spacial score (nSPS) is 11.4. The van der Waals surface area contributed by atoms with Gasteiger partial charge in [-0.1, -0.05) is 23.7 Å². The Morgan fingerprint density at radius 3 is 2.64 bits per heavy atom. The van der Waals surface area contributed by atoms with Crippen molar-refractivity contribution in [2.24, 2.45) is 0 Å². The molecule has 0 heterocycles. The van der Waals surface area contributed by atoms with Crippen molar-refractivity contribution < 1.29 is 23.8 Å². The number of hydrogen-bond acceptors (Lipinski definition) is 5. The maximum atomic E-state index is 12.2. The monoisotopic (exact) mass is 405 g/mol. The standard InChI is InChI=1S/C21H24ClNO5/c1-14-13-16(10-11-17(14)22)27-12-6-9-20(24)28-15(2)21(25)23-18-7-4-5-8-19(18)26-3/h4-5,7-8,10-11,13,15H,6,9,12H2,1-3H3,(H,23,25)/t15-/m1/s1. The second-order valence-electron chi connectivity index (χ2n) is 6.18. The molecule has 0 aliphatic rings. The van der Waals surface area contributed by atoms with Gasteiger partial charge in [-0.25, -0.2) is 0 Å². The summed E-state index contributed by atoms with van der Waals surface area (Å²) in [5, 5.41) is 3.37. The van der Waals surface area contributed by atoms with Crippen molar-refractivity contribution in [2.45, 2.75) is 32.8 Å². The molecule has 0 bridgehead atoms. The van der Waals surface area contributed by atoms with Crippen LogP contribution < -0.4 is 14.8 Å². The molecule has 1 atom stereocenters. The van der Waals surface area contributed by atoms with E-state index in [1.807, 2.05) is 13.0 Å². The summed E-state index contributed by atoms with van der Waals surface area (Å²) in [6.45, 7) is 3.78. The van der Waals surface area contributed by atoms with Crippen LogP contribution in [0.25, 0.3) is 0 Å². The smallest absolute Gasteiger partial charge is 0.306 e. The van der Waals surface area contributed by atoms with Crippen LogP contribution in [0.1, 0.15) is 25.3 Å². The predicted molar refractivity (Wildman–Crippen MR) is 108 cm³/mol. The molecule has 1 amide bonds. The van der Waals surface area contributed by atoms with Gasteiger partial charge in [0.2, 0.25) is 0 Å². The molecule has 2 rings (SSSR count). The Balaban J connectivity index is 1.72. The van der Waals surface area contributed by atoms with Crippen LogP contribution in [0, 0.1) is 6.92 Å². The van der Waals surface area contributed by atoms with Gasteiger partial charge in [0.15, 0.2) is 6.10 Å². The maximum absolute atomic E-state index is 12.2. The largest absolute Gasteiger partial charge is 0.495 e. The highest BCUT2D eigenvalue weighted by Gasteiger charge is 2.19. The quantitative estimate of drug-likeness (QED) is 0.494. The van der Waals surface area contributed by atoms with Crippen molar-refractivity contribution in [3.05, 3.63) is 53.1 Å². The first-order valence-corrected chi connectivity index (χ1v) is 9.31. The lowest BCUT2D eigenvalue weighted by atomic mass is 10.2. The van der Waals surface area contributed by atoms with Crippen LogP contribution in [0.3, 0.4) is 0 Å². The van der Waals surface area contributed by atoms with Gasteiger partial charge < -0.3 is 19.5 Å². The molecular formula is C21H24ClNO5. The van der Waals surface area contributed by atoms with Crippen molar-refractivity contribution in [3.8, 4) is 11.5 Å². The van der Waals surface area contributed by atoms with E-state index in [9.17, 15) is 9.59 Å². The van der Waals surface area contributed by atoms with Crippen LogP contribution in [0.4, 0.5) is 5.69 Å². The molecule has 0 spiro atoms. The maximum Gasteiger partial charge on any atom is 0.306 e. The molecule has 0 aromatic heterocycles. The Hall–Kier alpha value is -2.73. The van der Waals surface area contributed by atoms with E-state index in [0.717, 1.165) is 5.56 Å². The van der Waals surface area contributed by atoms with Gasteiger partial charge in [-0.3, -0.25) is 9.59 Å². The van der Waals surface area contributed by atoms with Gasteiger partial charge in [-0.15, -0.1) is 0 Å². The molecule has 1 N–H and O–H groups in total. The predicted octanol–water partition coefficient (Wildman–Crippen LogP) is 4.39. The molecule has 2 aromatic rings. The zero-order chi connectivity index (χ0) is 20.5. The van der Waals surface area contributed by atoms with Gasteiger partial charge in [-0.2, -0.15) is 0 Å². The summed E-state index contributed by atoms with van der Waals surface area (Å²) in [6.07, 6.45) is -0.294. The molecule has 0 unspecified atom stereocenters. The molecule has 150 valence electrons. The number of rotatable bonds is 9. The number of esters is 1. The lowest BCUT2D eigenvalue weighted by Crippen LogP contribution is -2.30. The van der Waals surface area contributed by atoms with Crippen LogP contribution >= 0.6 is 11.6 Å². The Morgan fingerprint density at radius 2 is 1.93 bits per heavy atom. The molecule has 2 aromatic carbocycles. The fraction of sp³-hybridized carbons (Fsp3) is 0.333. The van der Waals surface area contributed by atoms with E-state index in [1.165, 1.54) is 14.0 Å². The number of anilines is 1. The average molecular weight is 406 g/mol. The Labute approximate surface area is 169 Å². The highest BCUT2D eigenvalue weighted by atomic mass is 35.5. The summed E-state index contributed by atoms with van der Waals surface area (Å²) in [7, 11) is 1.52. The molecule has 0 saturated heterocycles. The molecule has 0 aliphatic heterocycles. The number of benzene rings is 2. The first kappa shape index (κ1) is 21.6. The summed E-state index contributed by atoms with van der Waals surface area (Å²) in [4.78, 5) is 24.2. The molecule has 0 saturated carbocycles. The lowest BCUT2D eigenvalue weighted by Gasteiger charge is -2.15. The van der Waals surface area contributed by atoms with Crippen molar-refractivity contribution in [1.29, 1.82) is 0 Å². The molecule has 0 radical (unpaired) electrons. The SMILES string of the molecule is COc1ccccc1NC(=O)[C@@H](C)OC(=O)CCCOc1ccc(Cl)c(C)c1. The summed E-state index contributed by atoms with van der Waals surface area (Å²) < 4.78 is 15.9. The van der Waals surface area contributed by atoms with E-state index in [-0.39, 0.29) is 6.42 Å². The Kier molecular flexibility index (Phi) is 8.14. The van der Waals surface area contributed by atoms with Crippen molar-refractivity contribution in [2.75, 3.05) is 19.0 Å². The van der Waals surface area contributed by atoms with Crippen molar-refractivity contribution in [1.82, 2.24) is 0 Å². The van der Waals surface area contributed by atoms with E-state index >= 15 is 0 Å². The first-order valence-electron chi connectivity index (χ1n) is 8.93. The summed E-state index contributed by atoms with van der Waals surface area (Å²) in [5.41, 5.74) is 1.44. The number of ether oxygens (including phenoxy) is 3.